The predicted octanol–water partition coefficient (Wildman–Crippen LogP) is 5.92. The normalized spacial score (nSPS) is 11.2. The Bertz CT molecular complexity index is 1260. The Labute approximate surface area is 174 Å². The van der Waals surface area contributed by atoms with E-state index in [1.807, 2.05) is 6.07 Å². The van der Waals surface area contributed by atoms with Crippen molar-refractivity contribution in [1.82, 2.24) is 9.36 Å². The summed E-state index contributed by atoms with van der Waals surface area (Å²) >= 11 is 7.27. The Balaban J connectivity index is 1.85. The number of carbonyl (C=O) groups is 1. The van der Waals surface area contributed by atoms with Crippen molar-refractivity contribution in [2.24, 2.45) is 10.2 Å². The molecule has 0 fully saturated rings. The molecule has 7 nitrogen and oxygen atoms in total. The second-order valence-electron chi connectivity index (χ2n) is 5.92. The molecule has 4 rings (SSSR count). The van der Waals surface area contributed by atoms with Gasteiger partial charge in [-0.25, -0.2) is 9.78 Å². The largest absolute Gasteiger partial charge is 0.506 e. The fourth-order valence-corrected chi connectivity index (χ4v) is 3.61. The lowest BCUT2D eigenvalue weighted by atomic mass is 9.98. The third kappa shape index (κ3) is 3.67. The number of aromatic nitrogens is 2. The minimum absolute atomic E-state index is 0.120. The van der Waals surface area contributed by atoms with Crippen LogP contribution in [0.1, 0.15) is 10.4 Å². The van der Waals surface area contributed by atoms with E-state index in [-0.39, 0.29) is 10.8 Å². The molecule has 144 valence electrons. The number of hydrogen-bond acceptors (Lipinski definition) is 8. The number of benzene rings is 2. The molecule has 29 heavy (non-hydrogen) atoms. The molecule has 0 aliphatic carbocycles. The van der Waals surface area contributed by atoms with Crippen LogP contribution in [0.5, 0.6) is 5.75 Å². The molecule has 0 radical (unpaired) electrons. The van der Waals surface area contributed by atoms with E-state index in [4.69, 9.17) is 16.3 Å². The molecule has 0 spiro atoms. The van der Waals surface area contributed by atoms with Gasteiger partial charge in [-0.05, 0) is 47.4 Å². The number of phenols is 1. The van der Waals surface area contributed by atoms with E-state index in [0.717, 1.165) is 5.39 Å². The van der Waals surface area contributed by atoms with Crippen LogP contribution in [0.3, 0.4) is 0 Å². The van der Waals surface area contributed by atoms with Gasteiger partial charge in [-0.2, -0.15) is 4.37 Å². The van der Waals surface area contributed by atoms with Gasteiger partial charge in [0.15, 0.2) is 10.6 Å². The first-order chi connectivity index (χ1) is 14.1. The number of azo groups is 1. The highest BCUT2D eigenvalue weighted by Crippen LogP contribution is 2.41. The summed E-state index contributed by atoms with van der Waals surface area (Å²) in [6.45, 7) is 0. The molecule has 0 unspecified atom stereocenters. The van der Waals surface area contributed by atoms with Crippen LogP contribution in [0.15, 0.2) is 65.0 Å². The van der Waals surface area contributed by atoms with Gasteiger partial charge in [-0.3, -0.25) is 0 Å². The van der Waals surface area contributed by atoms with Gasteiger partial charge in [-0.15, -0.1) is 10.2 Å². The topological polar surface area (TPSA) is 97.0 Å². The van der Waals surface area contributed by atoms with Gasteiger partial charge in [-0.1, -0.05) is 29.8 Å². The molecule has 1 N–H and O–H groups in total. The number of hydrogen-bond donors (Lipinski definition) is 1. The highest BCUT2D eigenvalue weighted by Gasteiger charge is 2.17. The second-order valence-corrected chi connectivity index (χ2v) is 7.08. The molecular weight excluding hydrogens is 412 g/mol. The number of rotatable bonds is 4. The minimum Gasteiger partial charge on any atom is -0.506 e. The van der Waals surface area contributed by atoms with Crippen LogP contribution >= 0.6 is 23.1 Å². The van der Waals surface area contributed by atoms with Gasteiger partial charge in [0.05, 0.1) is 28.8 Å². The Morgan fingerprint density at radius 1 is 1.14 bits per heavy atom. The summed E-state index contributed by atoms with van der Waals surface area (Å²) in [7, 11) is 1.31. The van der Waals surface area contributed by atoms with E-state index in [1.165, 1.54) is 30.8 Å². The highest BCUT2D eigenvalue weighted by atomic mass is 35.5. The summed E-state index contributed by atoms with van der Waals surface area (Å²) < 4.78 is 9.11. The first-order valence-corrected chi connectivity index (χ1v) is 9.56. The maximum absolute atomic E-state index is 12.2. The minimum atomic E-state index is -0.502. The van der Waals surface area contributed by atoms with E-state index in [9.17, 15) is 9.90 Å². The summed E-state index contributed by atoms with van der Waals surface area (Å²) in [5, 5.41) is 20.2. The Kier molecular flexibility index (Phi) is 5.20. The first-order valence-electron chi connectivity index (χ1n) is 8.41. The maximum Gasteiger partial charge on any atom is 0.338 e. The van der Waals surface area contributed by atoms with E-state index in [2.05, 4.69) is 19.6 Å². The monoisotopic (exact) mass is 424 g/mol. The smallest absolute Gasteiger partial charge is 0.338 e. The van der Waals surface area contributed by atoms with Gasteiger partial charge >= 0.3 is 5.97 Å². The highest BCUT2D eigenvalue weighted by molar-refractivity contribution is 7.11. The molecule has 0 atom stereocenters. The van der Waals surface area contributed by atoms with E-state index in [1.54, 1.807) is 36.5 Å². The van der Waals surface area contributed by atoms with E-state index in [0.29, 0.717) is 33.0 Å². The molecule has 0 bridgehead atoms. The zero-order chi connectivity index (χ0) is 20.4. The summed E-state index contributed by atoms with van der Waals surface area (Å²) in [5.41, 5.74) is 2.33. The predicted molar refractivity (Wildman–Crippen MR) is 111 cm³/mol. The standard InChI is InChI=1S/C20H13ClN4O3S/c1-28-20(27)12-6-3-2-5-11(12)14-9-17(26)15(21)10-16(14)23-24-19-13-7-4-8-22-18(13)25-29-19/h2-10,26H,1H3/b24-23+. The summed E-state index contributed by atoms with van der Waals surface area (Å²) in [5.74, 6) is -0.634. The molecule has 0 aliphatic rings. The van der Waals surface area contributed by atoms with Gasteiger partial charge in [0, 0.05) is 11.8 Å². The Morgan fingerprint density at radius 2 is 1.97 bits per heavy atom. The number of fused-ring (bicyclic) bond motifs is 1. The third-order valence-electron chi connectivity index (χ3n) is 4.17. The van der Waals surface area contributed by atoms with Crippen LogP contribution in [0.25, 0.3) is 22.2 Å². The summed E-state index contributed by atoms with van der Waals surface area (Å²) in [6.07, 6.45) is 1.66. The number of ether oxygens (including phenoxy) is 1. The van der Waals surface area contributed by atoms with Crippen molar-refractivity contribution in [1.29, 1.82) is 0 Å². The van der Waals surface area contributed by atoms with Crippen LogP contribution in [0.2, 0.25) is 5.02 Å². The molecule has 0 saturated carbocycles. The number of nitrogens with zero attached hydrogens (tertiary/aromatic N) is 4. The SMILES string of the molecule is COC(=O)c1ccccc1-c1cc(O)c(Cl)cc1/N=N/c1snc2ncccc12. The third-order valence-corrected chi connectivity index (χ3v) is 5.21. The lowest BCUT2D eigenvalue weighted by molar-refractivity contribution is 0.0601. The fourth-order valence-electron chi connectivity index (χ4n) is 2.80. The first kappa shape index (κ1) is 19.0. The molecule has 9 heteroatoms. The summed E-state index contributed by atoms with van der Waals surface area (Å²) in [4.78, 5) is 16.4. The fraction of sp³-hybridized carbons (Fsp3) is 0.0500. The molecule has 2 aromatic heterocycles. The molecule has 2 aromatic carbocycles. The quantitative estimate of drug-likeness (QED) is 0.324. The van der Waals surface area contributed by atoms with Crippen molar-refractivity contribution < 1.29 is 14.6 Å². The van der Waals surface area contributed by atoms with Crippen LogP contribution < -0.4 is 0 Å². The van der Waals surface area contributed by atoms with Crippen molar-refractivity contribution >= 4 is 50.8 Å². The zero-order valence-corrected chi connectivity index (χ0v) is 16.6. The molecule has 0 aliphatic heterocycles. The Hall–Kier alpha value is -3.36. The number of phenolic OH excluding ortho intramolecular Hbond substituents is 1. The second kappa shape index (κ2) is 7.94. The van der Waals surface area contributed by atoms with Crippen molar-refractivity contribution in [3.05, 3.63) is 65.3 Å². The number of halogens is 1. The van der Waals surface area contributed by atoms with Crippen LogP contribution in [0, 0.1) is 0 Å². The number of pyridine rings is 1. The zero-order valence-electron chi connectivity index (χ0n) is 15.0. The molecule has 4 aromatic rings. The van der Waals surface area contributed by atoms with E-state index >= 15 is 0 Å². The van der Waals surface area contributed by atoms with Gasteiger partial charge < -0.3 is 9.84 Å². The lowest BCUT2D eigenvalue weighted by Crippen LogP contribution is -2.03. The average Bonchev–Trinajstić information content (AvgIpc) is 3.17. The van der Waals surface area contributed by atoms with Crippen molar-refractivity contribution in [2.75, 3.05) is 7.11 Å². The van der Waals surface area contributed by atoms with Crippen LogP contribution in [-0.4, -0.2) is 27.5 Å². The number of aromatic hydroxyl groups is 1. The molecule has 0 saturated heterocycles. The number of carbonyl (C=O) groups excluding carboxylic acids is 1. The van der Waals surface area contributed by atoms with Crippen molar-refractivity contribution in [2.45, 2.75) is 0 Å². The molecule has 0 amide bonds. The van der Waals surface area contributed by atoms with Crippen LogP contribution in [0.4, 0.5) is 10.7 Å². The van der Waals surface area contributed by atoms with Crippen LogP contribution in [-0.2, 0) is 4.74 Å². The average molecular weight is 425 g/mol. The van der Waals surface area contributed by atoms with Crippen molar-refractivity contribution in [3.63, 3.8) is 0 Å². The number of esters is 1. The maximum atomic E-state index is 12.2. The summed E-state index contributed by atoms with van der Waals surface area (Å²) in [6, 6.07) is 13.5. The van der Waals surface area contributed by atoms with Gasteiger partial charge in [0.1, 0.15) is 5.75 Å². The lowest BCUT2D eigenvalue weighted by Gasteiger charge is -2.11. The number of methoxy groups -OCH3 is 1. The molecular formula is C20H13ClN4O3S. The molecule has 2 heterocycles. The van der Waals surface area contributed by atoms with Crippen molar-refractivity contribution in [3.8, 4) is 16.9 Å². The van der Waals surface area contributed by atoms with E-state index < -0.39 is 5.97 Å². The Morgan fingerprint density at radius 3 is 2.79 bits per heavy atom. The van der Waals surface area contributed by atoms with Gasteiger partial charge in [0.2, 0.25) is 0 Å². The van der Waals surface area contributed by atoms with Gasteiger partial charge in [0.25, 0.3) is 0 Å².